The molecule has 2 heterocycles. The number of anilines is 2. The monoisotopic (exact) mass is 483 g/mol. The van der Waals surface area contributed by atoms with E-state index in [1.807, 2.05) is 19.0 Å². The summed E-state index contributed by atoms with van der Waals surface area (Å²) < 4.78 is 40.3. The normalized spacial score (nSPS) is 13.4. The van der Waals surface area contributed by atoms with Crippen molar-refractivity contribution in [2.24, 2.45) is 0 Å². The summed E-state index contributed by atoms with van der Waals surface area (Å²) in [5.41, 5.74) is 1.33. The van der Waals surface area contributed by atoms with Crippen LogP contribution < -0.4 is 20.1 Å². The lowest BCUT2D eigenvalue weighted by Gasteiger charge is -2.16. The lowest BCUT2D eigenvalue weighted by molar-refractivity contribution is 0.0946. The van der Waals surface area contributed by atoms with Crippen molar-refractivity contribution in [1.82, 2.24) is 20.2 Å². The van der Waals surface area contributed by atoms with E-state index in [0.717, 1.165) is 6.20 Å². The highest BCUT2D eigenvalue weighted by Crippen LogP contribution is 2.30. The highest BCUT2D eigenvalue weighted by atomic mass is 19.1. The van der Waals surface area contributed by atoms with Crippen LogP contribution in [0.25, 0.3) is 11.3 Å². The van der Waals surface area contributed by atoms with Gasteiger partial charge >= 0.3 is 0 Å². The fraction of sp³-hybridized carbons (Fsp3) is 0.320. The SMILES string of the molecule is CN(C)CCNC(=O)c1ccc2cc1OCCCCOc1cc(ccc1F)-c1nc(ncc1F)N2. The smallest absolute Gasteiger partial charge is 0.255 e. The molecule has 1 aliphatic rings. The summed E-state index contributed by atoms with van der Waals surface area (Å²) in [6, 6.07) is 9.13. The van der Waals surface area contributed by atoms with E-state index in [9.17, 15) is 13.6 Å². The van der Waals surface area contributed by atoms with Gasteiger partial charge in [0.15, 0.2) is 17.4 Å². The van der Waals surface area contributed by atoms with E-state index >= 15 is 0 Å². The number of ether oxygens (including phenoxy) is 2. The van der Waals surface area contributed by atoms with E-state index in [2.05, 4.69) is 20.6 Å². The lowest BCUT2D eigenvalue weighted by atomic mass is 10.1. The third-order valence-corrected chi connectivity index (χ3v) is 5.33. The molecule has 0 atom stereocenters. The van der Waals surface area contributed by atoms with Gasteiger partial charge in [0, 0.05) is 30.4 Å². The minimum atomic E-state index is -0.650. The van der Waals surface area contributed by atoms with Gasteiger partial charge in [-0.2, -0.15) is 0 Å². The molecule has 6 bridgehead atoms. The molecule has 8 nitrogen and oxygen atoms in total. The number of likely N-dealkylation sites (N-methyl/N-ethyl adjacent to an activating group) is 1. The van der Waals surface area contributed by atoms with Gasteiger partial charge in [-0.05, 0) is 57.3 Å². The quantitative estimate of drug-likeness (QED) is 0.580. The maximum atomic E-state index is 14.5. The van der Waals surface area contributed by atoms with Gasteiger partial charge in [-0.3, -0.25) is 4.79 Å². The topological polar surface area (TPSA) is 88.6 Å². The number of hydrogen-bond acceptors (Lipinski definition) is 7. The number of aromatic nitrogens is 2. The van der Waals surface area contributed by atoms with Crippen LogP contribution in [0, 0.1) is 11.6 Å². The summed E-state index contributed by atoms with van der Waals surface area (Å²) in [7, 11) is 3.86. The van der Waals surface area contributed by atoms with Crippen molar-refractivity contribution in [1.29, 1.82) is 0 Å². The second-order valence-electron chi connectivity index (χ2n) is 8.33. The average Bonchev–Trinajstić information content (AvgIpc) is 2.83. The Hall–Kier alpha value is -3.79. The molecule has 1 amide bonds. The molecule has 0 saturated carbocycles. The Balaban J connectivity index is 1.65. The molecular formula is C25H27F2N5O3. The zero-order valence-corrected chi connectivity index (χ0v) is 19.6. The van der Waals surface area contributed by atoms with E-state index in [4.69, 9.17) is 9.47 Å². The van der Waals surface area contributed by atoms with Gasteiger partial charge in [0.2, 0.25) is 5.95 Å². The predicted molar refractivity (Wildman–Crippen MR) is 128 cm³/mol. The molecule has 0 spiro atoms. The fourth-order valence-corrected chi connectivity index (χ4v) is 3.48. The van der Waals surface area contributed by atoms with E-state index in [0.29, 0.717) is 55.1 Å². The Morgan fingerprint density at radius 1 is 1.06 bits per heavy atom. The molecule has 1 aliphatic heterocycles. The summed E-state index contributed by atoms with van der Waals surface area (Å²) in [4.78, 5) is 23.0. The van der Waals surface area contributed by atoms with Crippen molar-refractivity contribution in [3.05, 3.63) is 59.8 Å². The average molecular weight is 484 g/mol. The van der Waals surface area contributed by atoms with Gasteiger partial charge in [-0.15, -0.1) is 0 Å². The van der Waals surface area contributed by atoms with Crippen LogP contribution in [0.15, 0.2) is 42.6 Å². The van der Waals surface area contributed by atoms with Gasteiger partial charge in [-0.25, -0.2) is 18.7 Å². The second-order valence-corrected chi connectivity index (χ2v) is 8.33. The zero-order chi connectivity index (χ0) is 24.8. The van der Waals surface area contributed by atoms with Crippen LogP contribution in [0.5, 0.6) is 11.5 Å². The van der Waals surface area contributed by atoms with Crippen LogP contribution in [0.1, 0.15) is 23.2 Å². The Kier molecular flexibility index (Phi) is 7.71. The molecule has 0 unspecified atom stereocenters. The first-order chi connectivity index (χ1) is 16.9. The Morgan fingerprint density at radius 3 is 2.60 bits per heavy atom. The number of nitrogens with zero attached hydrogens (tertiary/aromatic N) is 3. The first-order valence-corrected chi connectivity index (χ1v) is 11.3. The Labute approximate surface area is 202 Å². The van der Waals surface area contributed by atoms with Gasteiger partial charge in [0.1, 0.15) is 11.4 Å². The summed E-state index contributed by atoms with van der Waals surface area (Å²) in [5.74, 6) is -0.898. The van der Waals surface area contributed by atoms with Crippen LogP contribution >= 0.6 is 0 Å². The highest BCUT2D eigenvalue weighted by Gasteiger charge is 2.17. The number of carbonyl (C=O) groups is 1. The molecule has 4 rings (SSSR count). The van der Waals surface area contributed by atoms with Crippen molar-refractivity contribution in [2.75, 3.05) is 45.7 Å². The molecule has 0 fully saturated rings. The maximum absolute atomic E-state index is 14.5. The maximum Gasteiger partial charge on any atom is 0.255 e. The number of carbonyl (C=O) groups excluding carboxylic acids is 1. The van der Waals surface area contributed by atoms with E-state index in [-0.39, 0.29) is 29.9 Å². The molecule has 2 N–H and O–H groups in total. The molecule has 1 aromatic heterocycles. The minimum Gasteiger partial charge on any atom is -0.493 e. The lowest BCUT2D eigenvalue weighted by Crippen LogP contribution is -2.31. The highest BCUT2D eigenvalue weighted by molar-refractivity contribution is 5.97. The largest absolute Gasteiger partial charge is 0.493 e. The van der Waals surface area contributed by atoms with Crippen LogP contribution in [-0.2, 0) is 0 Å². The second kappa shape index (κ2) is 11.1. The van der Waals surface area contributed by atoms with E-state index < -0.39 is 11.6 Å². The third kappa shape index (κ3) is 6.21. The van der Waals surface area contributed by atoms with Crippen molar-refractivity contribution >= 4 is 17.5 Å². The summed E-state index contributed by atoms with van der Waals surface area (Å²) >= 11 is 0. The molecule has 10 heteroatoms. The molecule has 0 saturated heterocycles. The van der Waals surface area contributed by atoms with E-state index in [1.54, 1.807) is 18.2 Å². The Morgan fingerprint density at radius 2 is 1.83 bits per heavy atom. The molecule has 184 valence electrons. The summed E-state index contributed by atoms with van der Waals surface area (Å²) in [6.07, 6.45) is 2.26. The molecule has 3 aromatic rings. The fourth-order valence-electron chi connectivity index (χ4n) is 3.48. The standard InChI is InChI=1S/C25H27F2N5O3/c1-32(2)10-9-28-24(33)18-7-6-17-14-21(18)34-11-3-4-12-35-22-13-16(5-8-19(22)26)23-20(27)15-29-25(30-17)31-23/h5-8,13-15H,3-4,9-12H2,1-2H3,(H,28,33)(H,29,30,31). The van der Waals surface area contributed by atoms with Gasteiger partial charge in [0.05, 0.1) is 25.0 Å². The summed E-state index contributed by atoms with van der Waals surface area (Å²) in [5, 5.41) is 5.91. The van der Waals surface area contributed by atoms with Crippen LogP contribution in [0.2, 0.25) is 0 Å². The first kappa shape index (κ1) is 24.3. The molecule has 2 aromatic carbocycles. The van der Waals surface area contributed by atoms with Gasteiger partial charge < -0.3 is 25.0 Å². The van der Waals surface area contributed by atoms with Crippen molar-refractivity contribution < 1.29 is 23.0 Å². The Bertz CT molecular complexity index is 1210. The van der Waals surface area contributed by atoms with Crippen molar-refractivity contribution in [3.63, 3.8) is 0 Å². The number of rotatable bonds is 4. The van der Waals surface area contributed by atoms with Crippen LogP contribution in [0.4, 0.5) is 20.4 Å². The van der Waals surface area contributed by atoms with Crippen molar-refractivity contribution in [3.8, 4) is 22.8 Å². The zero-order valence-electron chi connectivity index (χ0n) is 19.6. The van der Waals surface area contributed by atoms with Crippen LogP contribution in [0.3, 0.4) is 0 Å². The molecule has 35 heavy (non-hydrogen) atoms. The number of hydrogen-bond donors (Lipinski definition) is 2. The van der Waals surface area contributed by atoms with Gasteiger partial charge in [-0.1, -0.05) is 0 Å². The molecule has 0 aliphatic carbocycles. The minimum absolute atomic E-state index is 0.00723. The number of amides is 1. The third-order valence-electron chi connectivity index (χ3n) is 5.33. The molecule has 0 radical (unpaired) electrons. The van der Waals surface area contributed by atoms with Crippen LogP contribution in [-0.4, -0.2) is 61.2 Å². The summed E-state index contributed by atoms with van der Waals surface area (Å²) in [6.45, 7) is 1.78. The number of benzene rings is 2. The predicted octanol–water partition coefficient (Wildman–Crippen LogP) is 4.01. The number of fused-ring (bicyclic) bond motifs is 7. The first-order valence-electron chi connectivity index (χ1n) is 11.3. The van der Waals surface area contributed by atoms with Crippen molar-refractivity contribution in [2.45, 2.75) is 12.8 Å². The number of halogens is 2. The number of nitrogens with one attached hydrogen (secondary N) is 2. The van der Waals surface area contributed by atoms with E-state index in [1.165, 1.54) is 18.2 Å². The molecular weight excluding hydrogens is 456 g/mol. The van der Waals surface area contributed by atoms with Gasteiger partial charge in [0.25, 0.3) is 5.91 Å².